The van der Waals surface area contributed by atoms with Crippen molar-refractivity contribution in [2.75, 3.05) is 0 Å². The topological polar surface area (TPSA) is 23.5 Å². The van der Waals surface area contributed by atoms with Crippen LogP contribution in [0.25, 0.3) is 0 Å². The lowest BCUT2D eigenvalue weighted by Gasteiger charge is -2.15. The second-order valence-corrected chi connectivity index (χ2v) is 5.11. The van der Waals surface area contributed by atoms with Crippen LogP contribution in [0.3, 0.4) is 0 Å². The third-order valence-electron chi connectivity index (χ3n) is 3.32. The summed E-state index contributed by atoms with van der Waals surface area (Å²) in [6.45, 7) is 2.82. The number of hydrogen-bond donors (Lipinski definition) is 1. The van der Waals surface area contributed by atoms with Crippen molar-refractivity contribution in [1.29, 1.82) is 0 Å². The Labute approximate surface area is 111 Å². The first-order chi connectivity index (χ1) is 8.72. The molecule has 1 heterocycles. The summed E-state index contributed by atoms with van der Waals surface area (Å²) < 4.78 is 0. The van der Waals surface area contributed by atoms with E-state index in [1.807, 2.05) is 12.1 Å². The van der Waals surface area contributed by atoms with E-state index in [9.17, 15) is 5.11 Å². The molecule has 0 aliphatic carbocycles. The molecule has 0 bridgehead atoms. The number of fused-ring (bicyclic) bond motifs is 1. The molecule has 92 valence electrons. The Balaban J connectivity index is 1.74. The molecule has 1 aliphatic rings. The number of phenols is 1. The van der Waals surface area contributed by atoms with Gasteiger partial charge in [-0.1, -0.05) is 41.9 Å². The lowest BCUT2D eigenvalue weighted by molar-refractivity contribution is 0.275. The van der Waals surface area contributed by atoms with E-state index in [1.165, 1.54) is 11.1 Å². The Hall–Kier alpha value is -1.51. The second kappa shape index (κ2) is 4.63. The van der Waals surface area contributed by atoms with Gasteiger partial charge in [0, 0.05) is 19.6 Å². The molecule has 1 N–H and O–H groups in total. The first-order valence-electron chi connectivity index (χ1n) is 5.99. The average Bonchev–Trinajstić information content (AvgIpc) is 2.76. The van der Waals surface area contributed by atoms with Gasteiger partial charge in [0.2, 0.25) is 0 Å². The summed E-state index contributed by atoms with van der Waals surface area (Å²) in [5, 5.41) is 9.82. The van der Waals surface area contributed by atoms with Gasteiger partial charge in [-0.25, -0.2) is 0 Å². The highest BCUT2D eigenvalue weighted by molar-refractivity contribution is 6.32. The van der Waals surface area contributed by atoms with Crippen molar-refractivity contribution < 1.29 is 5.11 Å². The van der Waals surface area contributed by atoms with Crippen molar-refractivity contribution in [2.45, 2.75) is 19.6 Å². The van der Waals surface area contributed by atoms with Crippen molar-refractivity contribution in [1.82, 2.24) is 4.90 Å². The lowest BCUT2D eigenvalue weighted by atomic mass is 10.1. The van der Waals surface area contributed by atoms with Crippen LogP contribution in [0.5, 0.6) is 5.75 Å². The summed E-state index contributed by atoms with van der Waals surface area (Å²) in [5.41, 5.74) is 3.94. The second-order valence-electron chi connectivity index (χ2n) is 4.70. The summed E-state index contributed by atoms with van der Waals surface area (Å²) in [4.78, 5) is 2.37. The molecule has 2 nitrogen and oxygen atoms in total. The van der Waals surface area contributed by atoms with Crippen LogP contribution in [0.15, 0.2) is 42.5 Å². The molecule has 0 atom stereocenters. The molecular weight excluding hydrogens is 246 g/mol. The molecule has 18 heavy (non-hydrogen) atoms. The Morgan fingerprint density at radius 3 is 2.33 bits per heavy atom. The first-order valence-corrected chi connectivity index (χ1v) is 6.37. The number of aromatic hydroxyl groups is 1. The van der Waals surface area contributed by atoms with E-state index in [1.54, 1.807) is 6.07 Å². The molecule has 2 aromatic rings. The van der Waals surface area contributed by atoms with Crippen molar-refractivity contribution >= 4 is 11.6 Å². The number of nitrogens with zero attached hydrogens (tertiary/aromatic N) is 1. The van der Waals surface area contributed by atoms with E-state index in [-0.39, 0.29) is 5.75 Å². The molecule has 2 aromatic carbocycles. The van der Waals surface area contributed by atoms with Crippen LogP contribution >= 0.6 is 11.6 Å². The van der Waals surface area contributed by atoms with Gasteiger partial charge in [0.15, 0.2) is 0 Å². The molecule has 3 rings (SSSR count). The van der Waals surface area contributed by atoms with Crippen LogP contribution in [0, 0.1) is 0 Å². The smallest absolute Gasteiger partial charge is 0.134 e. The normalized spacial score (nSPS) is 14.7. The third kappa shape index (κ3) is 2.22. The molecule has 3 heteroatoms. The molecule has 0 fully saturated rings. The van der Waals surface area contributed by atoms with Crippen LogP contribution in [-0.2, 0) is 19.6 Å². The fourth-order valence-corrected chi connectivity index (χ4v) is 2.63. The predicted molar refractivity (Wildman–Crippen MR) is 72.5 cm³/mol. The zero-order chi connectivity index (χ0) is 12.5. The molecule has 1 aliphatic heterocycles. The Morgan fingerprint density at radius 2 is 1.72 bits per heavy atom. The van der Waals surface area contributed by atoms with Crippen molar-refractivity contribution in [3.05, 3.63) is 64.2 Å². The van der Waals surface area contributed by atoms with Gasteiger partial charge in [0.05, 0.1) is 5.02 Å². The monoisotopic (exact) mass is 259 g/mol. The van der Waals surface area contributed by atoms with Gasteiger partial charge in [-0.3, -0.25) is 4.90 Å². The van der Waals surface area contributed by atoms with E-state index < -0.39 is 0 Å². The highest BCUT2D eigenvalue weighted by Gasteiger charge is 2.18. The highest BCUT2D eigenvalue weighted by atomic mass is 35.5. The minimum Gasteiger partial charge on any atom is -0.506 e. The molecule has 0 radical (unpaired) electrons. The van der Waals surface area contributed by atoms with E-state index in [4.69, 9.17) is 11.6 Å². The van der Waals surface area contributed by atoms with Crippen LogP contribution in [0.1, 0.15) is 16.7 Å². The number of hydrogen-bond acceptors (Lipinski definition) is 2. The van der Waals surface area contributed by atoms with Crippen LogP contribution in [0.2, 0.25) is 5.02 Å². The minimum absolute atomic E-state index is 0.144. The van der Waals surface area contributed by atoms with Gasteiger partial charge in [0.1, 0.15) is 5.75 Å². The van der Waals surface area contributed by atoms with Crippen molar-refractivity contribution in [2.24, 2.45) is 0 Å². The Morgan fingerprint density at radius 1 is 1.06 bits per heavy atom. The summed E-state index contributed by atoms with van der Waals surface area (Å²) in [7, 11) is 0. The number of rotatable bonds is 2. The Bertz CT molecular complexity index is 557. The third-order valence-corrected chi connectivity index (χ3v) is 3.63. The zero-order valence-corrected chi connectivity index (χ0v) is 10.7. The van der Waals surface area contributed by atoms with Crippen LogP contribution < -0.4 is 0 Å². The quantitative estimate of drug-likeness (QED) is 0.891. The first kappa shape index (κ1) is 11.6. The van der Waals surface area contributed by atoms with Gasteiger partial charge in [-0.2, -0.15) is 0 Å². The van der Waals surface area contributed by atoms with E-state index >= 15 is 0 Å². The van der Waals surface area contributed by atoms with Gasteiger partial charge in [0.25, 0.3) is 0 Å². The van der Waals surface area contributed by atoms with Gasteiger partial charge >= 0.3 is 0 Å². The minimum atomic E-state index is 0.144. The molecule has 0 amide bonds. The molecule has 0 saturated heterocycles. The van der Waals surface area contributed by atoms with E-state index in [0.29, 0.717) is 5.02 Å². The van der Waals surface area contributed by atoms with Crippen molar-refractivity contribution in [3.63, 3.8) is 0 Å². The van der Waals surface area contributed by atoms with Gasteiger partial charge in [-0.05, 0) is 28.8 Å². The van der Waals surface area contributed by atoms with Crippen LogP contribution in [-0.4, -0.2) is 10.0 Å². The number of halogens is 1. The molecule has 0 saturated carbocycles. The summed E-state index contributed by atoms with van der Waals surface area (Å²) in [5.74, 6) is 0.144. The van der Waals surface area contributed by atoms with Crippen molar-refractivity contribution in [3.8, 4) is 5.75 Å². The maximum absolute atomic E-state index is 9.40. The standard InChI is InChI=1S/C15H14ClNO/c16-14-7-11(5-6-15(14)18)8-17-9-12-3-1-2-4-13(12)10-17/h1-7,18H,8-10H2. The molecule has 0 aromatic heterocycles. The SMILES string of the molecule is Oc1ccc(CN2Cc3ccccc3C2)cc1Cl. The van der Waals surface area contributed by atoms with Gasteiger partial charge < -0.3 is 5.11 Å². The Kier molecular flexibility index (Phi) is 2.98. The fraction of sp³-hybridized carbons (Fsp3) is 0.200. The molecule has 0 spiro atoms. The van der Waals surface area contributed by atoms with Gasteiger partial charge in [-0.15, -0.1) is 0 Å². The maximum Gasteiger partial charge on any atom is 0.134 e. The number of phenolic OH excluding ortho intramolecular Hbond substituents is 1. The maximum atomic E-state index is 9.40. The highest BCUT2D eigenvalue weighted by Crippen LogP contribution is 2.27. The molecule has 0 unspecified atom stereocenters. The lowest BCUT2D eigenvalue weighted by Crippen LogP contribution is -2.15. The summed E-state index contributed by atoms with van der Waals surface area (Å²) >= 11 is 5.92. The summed E-state index contributed by atoms with van der Waals surface area (Å²) in [6, 6.07) is 13.9. The number of benzene rings is 2. The molecular formula is C15H14ClNO. The fourth-order valence-electron chi connectivity index (χ4n) is 2.42. The zero-order valence-electron chi connectivity index (χ0n) is 9.94. The average molecular weight is 260 g/mol. The van der Waals surface area contributed by atoms with E-state index in [0.717, 1.165) is 25.2 Å². The predicted octanol–water partition coefficient (Wildman–Crippen LogP) is 3.56. The summed E-state index contributed by atoms with van der Waals surface area (Å²) in [6.07, 6.45) is 0. The van der Waals surface area contributed by atoms with E-state index in [2.05, 4.69) is 29.2 Å². The van der Waals surface area contributed by atoms with Crippen LogP contribution in [0.4, 0.5) is 0 Å². The largest absolute Gasteiger partial charge is 0.506 e.